The number of rotatable bonds is 2. The molecule has 0 fully saturated rings. The SMILES string of the molecule is Cc1ccccc1-c1nccn1-c1ccc(Cl)cc1. The Morgan fingerprint density at radius 2 is 1.74 bits per heavy atom. The highest BCUT2D eigenvalue weighted by molar-refractivity contribution is 6.30. The van der Waals surface area contributed by atoms with E-state index < -0.39 is 0 Å². The van der Waals surface area contributed by atoms with Gasteiger partial charge in [0.15, 0.2) is 0 Å². The fourth-order valence-electron chi connectivity index (χ4n) is 2.14. The summed E-state index contributed by atoms with van der Waals surface area (Å²) in [4.78, 5) is 4.48. The summed E-state index contributed by atoms with van der Waals surface area (Å²) in [5.74, 6) is 0.945. The number of imidazole rings is 1. The third-order valence-electron chi connectivity index (χ3n) is 3.13. The molecule has 2 nitrogen and oxygen atoms in total. The molecule has 0 atom stereocenters. The Kier molecular flexibility index (Phi) is 3.10. The van der Waals surface area contributed by atoms with Crippen molar-refractivity contribution in [3.63, 3.8) is 0 Å². The Hall–Kier alpha value is -2.06. The minimum absolute atomic E-state index is 0.737. The summed E-state index contributed by atoms with van der Waals surface area (Å²) >= 11 is 5.93. The summed E-state index contributed by atoms with van der Waals surface area (Å²) in [5, 5.41) is 0.737. The Labute approximate surface area is 117 Å². The lowest BCUT2D eigenvalue weighted by atomic mass is 10.1. The summed E-state index contributed by atoms with van der Waals surface area (Å²) in [6.07, 6.45) is 3.78. The zero-order valence-corrected chi connectivity index (χ0v) is 11.3. The molecule has 0 amide bonds. The lowest BCUT2D eigenvalue weighted by Crippen LogP contribution is -1.97. The largest absolute Gasteiger partial charge is 0.300 e. The summed E-state index contributed by atoms with van der Waals surface area (Å²) in [6, 6.07) is 16.0. The molecule has 0 saturated carbocycles. The van der Waals surface area contributed by atoms with E-state index in [0.29, 0.717) is 0 Å². The topological polar surface area (TPSA) is 17.8 Å². The van der Waals surface area contributed by atoms with Gasteiger partial charge in [0.1, 0.15) is 5.82 Å². The molecule has 19 heavy (non-hydrogen) atoms. The van der Waals surface area contributed by atoms with Gasteiger partial charge in [0.25, 0.3) is 0 Å². The fourth-order valence-corrected chi connectivity index (χ4v) is 2.26. The van der Waals surface area contributed by atoms with Crippen molar-refractivity contribution >= 4 is 11.6 Å². The van der Waals surface area contributed by atoms with Gasteiger partial charge in [-0.25, -0.2) is 4.98 Å². The van der Waals surface area contributed by atoms with Gasteiger partial charge in [-0.05, 0) is 36.8 Å². The number of halogens is 1. The highest BCUT2D eigenvalue weighted by Gasteiger charge is 2.09. The zero-order valence-electron chi connectivity index (χ0n) is 10.5. The lowest BCUT2D eigenvalue weighted by Gasteiger charge is -2.10. The maximum absolute atomic E-state index is 5.93. The second kappa shape index (κ2) is 4.90. The van der Waals surface area contributed by atoms with Crippen LogP contribution in [0.3, 0.4) is 0 Å². The molecule has 0 spiro atoms. The first kappa shape index (κ1) is 12.0. The van der Waals surface area contributed by atoms with E-state index in [4.69, 9.17) is 11.6 Å². The lowest BCUT2D eigenvalue weighted by molar-refractivity contribution is 1.06. The molecule has 1 aromatic heterocycles. The first-order valence-corrected chi connectivity index (χ1v) is 6.49. The van der Waals surface area contributed by atoms with Crippen LogP contribution in [0.25, 0.3) is 17.1 Å². The molecule has 0 radical (unpaired) electrons. The molecule has 2 aromatic carbocycles. The van der Waals surface area contributed by atoms with Crippen molar-refractivity contribution in [1.29, 1.82) is 0 Å². The Bertz CT molecular complexity index is 699. The van der Waals surface area contributed by atoms with E-state index in [-0.39, 0.29) is 0 Å². The Morgan fingerprint density at radius 3 is 2.47 bits per heavy atom. The van der Waals surface area contributed by atoms with Crippen LogP contribution in [0.4, 0.5) is 0 Å². The predicted molar refractivity (Wildman–Crippen MR) is 78.7 cm³/mol. The second-order valence-corrected chi connectivity index (χ2v) is 4.85. The van der Waals surface area contributed by atoms with Crippen molar-refractivity contribution in [3.05, 3.63) is 71.5 Å². The molecule has 0 N–H and O–H groups in total. The molecule has 0 aliphatic carbocycles. The van der Waals surface area contributed by atoms with Crippen LogP contribution in [0.15, 0.2) is 60.9 Å². The van der Waals surface area contributed by atoms with E-state index in [0.717, 1.165) is 22.1 Å². The van der Waals surface area contributed by atoms with E-state index in [1.54, 1.807) is 0 Å². The van der Waals surface area contributed by atoms with Gasteiger partial charge in [0, 0.05) is 28.7 Å². The van der Waals surface area contributed by atoms with Crippen LogP contribution in [0.1, 0.15) is 5.56 Å². The molecule has 0 saturated heterocycles. The van der Waals surface area contributed by atoms with Crippen LogP contribution in [0.2, 0.25) is 5.02 Å². The van der Waals surface area contributed by atoms with Crippen LogP contribution in [-0.4, -0.2) is 9.55 Å². The number of hydrogen-bond acceptors (Lipinski definition) is 1. The van der Waals surface area contributed by atoms with Crippen molar-refractivity contribution in [2.45, 2.75) is 6.92 Å². The van der Waals surface area contributed by atoms with Crippen molar-refractivity contribution in [3.8, 4) is 17.1 Å². The molecular weight excluding hydrogens is 256 g/mol. The second-order valence-electron chi connectivity index (χ2n) is 4.41. The number of aromatic nitrogens is 2. The van der Waals surface area contributed by atoms with Gasteiger partial charge in [-0.15, -0.1) is 0 Å². The molecular formula is C16H13ClN2. The minimum Gasteiger partial charge on any atom is -0.300 e. The number of aryl methyl sites for hydroxylation is 1. The summed E-state index contributed by atoms with van der Waals surface area (Å²) in [7, 11) is 0. The first-order chi connectivity index (χ1) is 9.25. The van der Waals surface area contributed by atoms with Crippen molar-refractivity contribution in [2.24, 2.45) is 0 Å². The van der Waals surface area contributed by atoms with E-state index in [9.17, 15) is 0 Å². The van der Waals surface area contributed by atoms with Gasteiger partial charge < -0.3 is 0 Å². The predicted octanol–water partition coefficient (Wildman–Crippen LogP) is 4.50. The third kappa shape index (κ3) is 2.27. The molecule has 0 unspecified atom stereocenters. The summed E-state index contributed by atoms with van der Waals surface area (Å²) in [5.41, 5.74) is 3.41. The van der Waals surface area contributed by atoms with Crippen molar-refractivity contribution in [1.82, 2.24) is 9.55 Å². The van der Waals surface area contributed by atoms with E-state index in [1.807, 2.05) is 48.8 Å². The normalized spacial score (nSPS) is 10.6. The fraction of sp³-hybridized carbons (Fsp3) is 0.0625. The van der Waals surface area contributed by atoms with Crippen molar-refractivity contribution in [2.75, 3.05) is 0 Å². The van der Waals surface area contributed by atoms with Crippen LogP contribution in [-0.2, 0) is 0 Å². The molecule has 94 valence electrons. The minimum atomic E-state index is 0.737. The molecule has 3 aromatic rings. The standard InChI is InChI=1S/C16H13ClN2/c1-12-4-2-3-5-15(12)16-18-10-11-19(16)14-8-6-13(17)7-9-14/h2-11H,1H3. The number of hydrogen-bond donors (Lipinski definition) is 0. The molecule has 3 rings (SSSR count). The monoisotopic (exact) mass is 268 g/mol. The highest BCUT2D eigenvalue weighted by Crippen LogP contribution is 2.24. The molecule has 0 aliphatic rings. The summed E-state index contributed by atoms with van der Waals surface area (Å²) < 4.78 is 2.07. The van der Waals surface area contributed by atoms with Crippen LogP contribution in [0.5, 0.6) is 0 Å². The molecule has 0 bridgehead atoms. The smallest absolute Gasteiger partial charge is 0.144 e. The van der Waals surface area contributed by atoms with Gasteiger partial charge in [-0.2, -0.15) is 0 Å². The van der Waals surface area contributed by atoms with Gasteiger partial charge in [-0.1, -0.05) is 35.9 Å². The van der Waals surface area contributed by atoms with Crippen molar-refractivity contribution < 1.29 is 0 Å². The van der Waals surface area contributed by atoms with Gasteiger partial charge in [0.2, 0.25) is 0 Å². The van der Waals surface area contributed by atoms with Gasteiger partial charge in [0.05, 0.1) is 0 Å². The maximum Gasteiger partial charge on any atom is 0.144 e. The number of nitrogens with zero attached hydrogens (tertiary/aromatic N) is 2. The van der Waals surface area contributed by atoms with Gasteiger partial charge >= 0.3 is 0 Å². The quantitative estimate of drug-likeness (QED) is 0.669. The first-order valence-electron chi connectivity index (χ1n) is 6.11. The van der Waals surface area contributed by atoms with Crippen LogP contribution in [0, 0.1) is 6.92 Å². The molecule has 0 aliphatic heterocycles. The van der Waals surface area contributed by atoms with E-state index in [2.05, 4.69) is 28.6 Å². The zero-order chi connectivity index (χ0) is 13.2. The van der Waals surface area contributed by atoms with Crippen LogP contribution < -0.4 is 0 Å². The third-order valence-corrected chi connectivity index (χ3v) is 3.38. The average Bonchev–Trinajstić information content (AvgIpc) is 2.89. The molecule has 3 heteroatoms. The highest BCUT2D eigenvalue weighted by atomic mass is 35.5. The summed E-state index contributed by atoms with van der Waals surface area (Å²) in [6.45, 7) is 2.09. The van der Waals surface area contributed by atoms with Gasteiger partial charge in [-0.3, -0.25) is 4.57 Å². The molecule has 1 heterocycles. The van der Waals surface area contributed by atoms with Crippen LogP contribution >= 0.6 is 11.6 Å². The number of benzene rings is 2. The maximum atomic E-state index is 5.93. The van der Waals surface area contributed by atoms with E-state index >= 15 is 0 Å². The van der Waals surface area contributed by atoms with E-state index in [1.165, 1.54) is 5.56 Å². The Morgan fingerprint density at radius 1 is 1.00 bits per heavy atom. The Balaban J connectivity index is 2.13. The average molecular weight is 269 g/mol.